The first-order valence-electron chi connectivity index (χ1n) is 6.68. The lowest BCUT2D eigenvalue weighted by atomic mass is 10.1. The highest BCUT2D eigenvalue weighted by molar-refractivity contribution is 5.67. The van der Waals surface area contributed by atoms with Crippen molar-refractivity contribution in [1.82, 2.24) is 5.32 Å². The van der Waals surface area contributed by atoms with Crippen molar-refractivity contribution in [3.05, 3.63) is 35.4 Å². The van der Waals surface area contributed by atoms with Crippen molar-refractivity contribution in [2.24, 2.45) is 0 Å². The largest absolute Gasteiger partial charge is 0.507 e. The summed E-state index contributed by atoms with van der Waals surface area (Å²) in [5.41, 5.74) is 0.560. The molecule has 0 spiro atoms. The Balaban J connectivity index is 2.39. The number of phenolic OH excluding ortho intramolecular Hbond substituents is 1. The fourth-order valence-corrected chi connectivity index (χ4v) is 1.54. The number of nitrogens with one attached hydrogen (secondary N) is 1. The Labute approximate surface area is 124 Å². The van der Waals surface area contributed by atoms with Crippen LogP contribution in [0.4, 0.5) is 4.79 Å². The summed E-state index contributed by atoms with van der Waals surface area (Å²) >= 11 is 0. The molecule has 1 aromatic rings. The number of carbonyl (C=O) groups is 1. The molecule has 0 aliphatic heterocycles. The predicted octanol–water partition coefficient (Wildman–Crippen LogP) is 3.19. The van der Waals surface area contributed by atoms with E-state index in [2.05, 4.69) is 5.32 Å². The molecule has 112 valence electrons. The Morgan fingerprint density at radius 2 is 2.19 bits per heavy atom. The van der Waals surface area contributed by atoms with Crippen LogP contribution < -0.4 is 5.32 Å². The van der Waals surface area contributed by atoms with E-state index in [9.17, 15) is 9.90 Å². The molecule has 0 aliphatic rings. The molecular formula is C16H20N2O3. The van der Waals surface area contributed by atoms with Gasteiger partial charge in [-0.3, -0.25) is 0 Å². The first-order chi connectivity index (χ1) is 9.81. The van der Waals surface area contributed by atoms with Crippen molar-refractivity contribution in [2.45, 2.75) is 32.8 Å². The van der Waals surface area contributed by atoms with Gasteiger partial charge in [-0.05, 0) is 44.9 Å². The van der Waals surface area contributed by atoms with Gasteiger partial charge in [-0.15, -0.1) is 0 Å². The summed E-state index contributed by atoms with van der Waals surface area (Å²) in [5, 5.41) is 20.9. The number of hydrogen-bond acceptors (Lipinski definition) is 4. The first-order valence-corrected chi connectivity index (χ1v) is 6.68. The van der Waals surface area contributed by atoms with E-state index >= 15 is 0 Å². The normalized spacial score (nSPS) is 11.1. The van der Waals surface area contributed by atoms with Gasteiger partial charge < -0.3 is 15.2 Å². The average molecular weight is 288 g/mol. The standard InChI is InChI=1S/C16H20N2O3/c1-16(2,3)21-15(20)18-9-5-4-6-12-7-8-14(19)13(10-12)11-17/h4,6-8,10,19H,5,9H2,1-3H3,(H,18,20). The van der Waals surface area contributed by atoms with Gasteiger partial charge in [0, 0.05) is 6.54 Å². The quantitative estimate of drug-likeness (QED) is 0.833. The van der Waals surface area contributed by atoms with Crippen LogP contribution in [0.25, 0.3) is 6.08 Å². The zero-order valence-electron chi connectivity index (χ0n) is 12.5. The van der Waals surface area contributed by atoms with Crippen LogP contribution in [0, 0.1) is 11.3 Å². The maximum Gasteiger partial charge on any atom is 0.407 e. The number of nitrogens with zero attached hydrogens (tertiary/aromatic N) is 1. The van der Waals surface area contributed by atoms with E-state index in [1.165, 1.54) is 6.07 Å². The van der Waals surface area contributed by atoms with Gasteiger partial charge in [-0.1, -0.05) is 18.2 Å². The summed E-state index contributed by atoms with van der Waals surface area (Å²) in [6.07, 6.45) is 3.91. The lowest BCUT2D eigenvalue weighted by Gasteiger charge is -2.19. The number of ether oxygens (including phenoxy) is 1. The first kappa shape index (κ1) is 16.6. The summed E-state index contributed by atoms with van der Waals surface area (Å²) in [6, 6.07) is 6.72. The van der Waals surface area contributed by atoms with Gasteiger partial charge in [-0.25, -0.2) is 4.79 Å². The summed E-state index contributed by atoms with van der Waals surface area (Å²) in [4.78, 5) is 11.4. The van der Waals surface area contributed by atoms with Crippen LogP contribution in [0.15, 0.2) is 24.3 Å². The van der Waals surface area contributed by atoms with Gasteiger partial charge in [-0.2, -0.15) is 5.26 Å². The van der Waals surface area contributed by atoms with Crippen molar-refractivity contribution in [1.29, 1.82) is 5.26 Å². The summed E-state index contributed by atoms with van der Waals surface area (Å²) in [7, 11) is 0. The van der Waals surface area contributed by atoms with E-state index < -0.39 is 11.7 Å². The highest BCUT2D eigenvalue weighted by atomic mass is 16.6. The Morgan fingerprint density at radius 3 is 2.81 bits per heavy atom. The highest BCUT2D eigenvalue weighted by Crippen LogP contribution is 2.18. The number of hydrogen-bond donors (Lipinski definition) is 2. The lowest BCUT2D eigenvalue weighted by molar-refractivity contribution is 0.0529. The van der Waals surface area contributed by atoms with Gasteiger partial charge in [0.15, 0.2) is 0 Å². The minimum atomic E-state index is -0.500. The molecule has 21 heavy (non-hydrogen) atoms. The fraction of sp³-hybridized carbons (Fsp3) is 0.375. The van der Waals surface area contributed by atoms with E-state index in [0.717, 1.165) is 5.56 Å². The van der Waals surface area contributed by atoms with Gasteiger partial charge in [0.25, 0.3) is 0 Å². The topological polar surface area (TPSA) is 82.3 Å². The second kappa shape index (κ2) is 7.34. The lowest BCUT2D eigenvalue weighted by Crippen LogP contribution is -2.32. The number of alkyl carbamates (subject to hydrolysis) is 1. The Bertz CT molecular complexity index is 566. The van der Waals surface area contributed by atoms with Crippen LogP contribution in [-0.4, -0.2) is 23.3 Å². The van der Waals surface area contributed by atoms with Crippen molar-refractivity contribution in [3.8, 4) is 11.8 Å². The summed E-state index contributed by atoms with van der Waals surface area (Å²) in [6.45, 7) is 5.90. The summed E-state index contributed by atoms with van der Waals surface area (Å²) in [5.74, 6) is -0.0266. The monoisotopic (exact) mass is 288 g/mol. The molecule has 0 aromatic heterocycles. The number of benzene rings is 1. The number of amides is 1. The van der Waals surface area contributed by atoms with Crippen LogP contribution >= 0.6 is 0 Å². The van der Waals surface area contributed by atoms with Crippen molar-refractivity contribution in [3.63, 3.8) is 0 Å². The van der Waals surface area contributed by atoms with E-state index in [4.69, 9.17) is 10.00 Å². The van der Waals surface area contributed by atoms with E-state index in [1.807, 2.05) is 39.0 Å². The van der Waals surface area contributed by atoms with E-state index in [-0.39, 0.29) is 11.3 Å². The zero-order chi connectivity index (χ0) is 15.9. The molecule has 0 atom stereocenters. The van der Waals surface area contributed by atoms with Crippen LogP contribution in [0.5, 0.6) is 5.75 Å². The molecule has 0 bridgehead atoms. The van der Waals surface area contributed by atoms with Crippen LogP contribution in [0.1, 0.15) is 38.3 Å². The van der Waals surface area contributed by atoms with Crippen LogP contribution in [0.3, 0.4) is 0 Å². The maximum absolute atomic E-state index is 11.4. The molecule has 0 aliphatic carbocycles. The van der Waals surface area contributed by atoms with Gasteiger partial charge in [0.05, 0.1) is 5.56 Å². The Hall–Kier alpha value is -2.48. The number of phenols is 1. The molecule has 5 heteroatoms. The minimum Gasteiger partial charge on any atom is -0.507 e. The fourth-order valence-electron chi connectivity index (χ4n) is 1.54. The third kappa shape index (κ3) is 6.48. The molecule has 0 heterocycles. The Kier molecular flexibility index (Phi) is 5.79. The van der Waals surface area contributed by atoms with E-state index in [0.29, 0.717) is 13.0 Å². The SMILES string of the molecule is CC(C)(C)OC(=O)NCCC=Cc1ccc(O)c(C#N)c1. The molecule has 1 amide bonds. The highest BCUT2D eigenvalue weighted by Gasteiger charge is 2.15. The molecule has 0 saturated carbocycles. The molecule has 1 rings (SSSR count). The molecule has 5 nitrogen and oxygen atoms in total. The van der Waals surface area contributed by atoms with E-state index in [1.54, 1.807) is 12.1 Å². The zero-order valence-corrected chi connectivity index (χ0v) is 12.5. The van der Waals surface area contributed by atoms with Gasteiger partial charge in [0.2, 0.25) is 0 Å². The van der Waals surface area contributed by atoms with Crippen LogP contribution in [0.2, 0.25) is 0 Å². The van der Waals surface area contributed by atoms with Gasteiger partial charge >= 0.3 is 6.09 Å². The minimum absolute atomic E-state index is 0.0266. The van der Waals surface area contributed by atoms with Crippen LogP contribution in [-0.2, 0) is 4.74 Å². The number of aromatic hydroxyl groups is 1. The number of carbonyl (C=O) groups excluding carboxylic acids is 1. The van der Waals surface area contributed by atoms with Crippen molar-refractivity contribution < 1.29 is 14.6 Å². The molecule has 0 saturated heterocycles. The smallest absolute Gasteiger partial charge is 0.407 e. The second-order valence-electron chi connectivity index (χ2n) is 5.51. The molecule has 1 aromatic carbocycles. The summed E-state index contributed by atoms with van der Waals surface area (Å²) < 4.78 is 5.11. The Morgan fingerprint density at radius 1 is 1.48 bits per heavy atom. The number of nitriles is 1. The van der Waals surface area contributed by atoms with Crippen molar-refractivity contribution in [2.75, 3.05) is 6.54 Å². The maximum atomic E-state index is 11.4. The molecule has 0 radical (unpaired) electrons. The second-order valence-corrected chi connectivity index (χ2v) is 5.51. The third-order valence-corrected chi connectivity index (χ3v) is 2.43. The third-order valence-electron chi connectivity index (χ3n) is 2.43. The molecule has 0 unspecified atom stereocenters. The number of rotatable bonds is 4. The molecular weight excluding hydrogens is 268 g/mol. The van der Waals surface area contributed by atoms with Gasteiger partial charge in [0.1, 0.15) is 17.4 Å². The molecule has 2 N–H and O–H groups in total. The average Bonchev–Trinajstić information content (AvgIpc) is 2.38. The predicted molar refractivity (Wildman–Crippen MR) is 80.7 cm³/mol. The molecule has 0 fully saturated rings. The van der Waals surface area contributed by atoms with Crippen molar-refractivity contribution >= 4 is 12.2 Å².